The second kappa shape index (κ2) is 6.17. The van der Waals surface area contributed by atoms with Crippen LogP contribution in [0.4, 0.5) is 0 Å². The Kier molecular flexibility index (Phi) is 4.29. The Morgan fingerprint density at radius 3 is 2.60 bits per heavy atom. The van der Waals surface area contributed by atoms with Gasteiger partial charge in [-0.05, 0) is 49.2 Å². The van der Waals surface area contributed by atoms with Gasteiger partial charge in [0.15, 0.2) is 0 Å². The number of benzene rings is 2. The smallest absolute Gasteiger partial charge is 0.133 e. The first-order valence-electron chi connectivity index (χ1n) is 6.66. The Labute approximate surface area is 132 Å². The van der Waals surface area contributed by atoms with E-state index in [0.29, 0.717) is 6.04 Å². The van der Waals surface area contributed by atoms with Crippen molar-refractivity contribution >= 4 is 27.5 Å². The Bertz CT molecular complexity index is 596. The Hall–Kier alpha value is -1.03. The van der Waals surface area contributed by atoms with Crippen LogP contribution in [-0.4, -0.2) is 6.04 Å². The lowest BCUT2D eigenvalue weighted by atomic mass is 10.2. The van der Waals surface area contributed by atoms with Gasteiger partial charge in [-0.25, -0.2) is 0 Å². The average Bonchev–Trinajstić information content (AvgIpc) is 3.25. The van der Waals surface area contributed by atoms with E-state index in [0.717, 1.165) is 33.1 Å². The summed E-state index contributed by atoms with van der Waals surface area (Å²) in [5.74, 6) is 1.62. The van der Waals surface area contributed by atoms with Gasteiger partial charge in [-0.2, -0.15) is 0 Å². The van der Waals surface area contributed by atoms with Gasteiger partial charge in [-0.3, -0.25) is 0 Å². The minimum absolute atomic E-state index is 0.645. The van der Waals surface area contributed by atoms with Crippen molar-refractivity contribution in [1.82, 2.24) is 5.32 Å². The van der Waals surface area contributed by atoms with Crippen LogP contribution in [0.2, 0.25) is 5.02 Å². The first-order valence-corrected chi connectivity index (χ1v) is 7.83. The number of nitrogens with one attached hydrogen (secondary N) is 1. The minimum atomic E-state index is 0.645. The van der Waals surface area contributed by atoms with E-state index < -0.39 is 0 Å². The summed E-state index contributed by atoms with van der Waals surface area (Å²) in [6.45, 7) is 0.746. The van der Waals surface area contributed by atoms with Gasteiger partial charge < -0.3 is 10.1 Å². The van der Waals surface area contributed by atoms with Crippen molar-refractivity contribution in [2.75, 3.05) is 0 Å². The van der Waals surface area contributed by atoms with Gasteiger partial charge in [0.25, 0.3) is 0 Å². The zero-order valence-electron chi connectivity index (χ0n) is 10.9. The maximum atomic E-state index is 6.30. The van der Waals surface area contributed by atoms with Gasteiger partial charge >= 0.3 is 0 Å². The summed E-state index contributed by atoms with van der Waals surface area (Å²) in [6.07, 6.45) is 2.51. The molecule has 1 N–H and O–H groups in total. The Morgan fingerprint density at radius 1 is 1.15 bits per heavy atom. The second-order valence-electron chi connectivity index (χ2n) is 4.93. The zero-order valence-corrected chi connectivity index (χ0v) is 13.2. The summed E-state index contributed by atoms with van der Waals surface area (Å²) in [7, 11) is 0. The highest BCUT2D eigenvalue weighted by molar-refractivity contribution is 9.10. The lowest BCUT2D eigenvalue weighted by Crippen LogP contribution is -2.16. The molecule has 2 nitrogen and oxygen atoms in total. The quantitative estimate of drug-likeness (QED) is 0.804. The van der Waals surface area contributed by atoms with Crippen molar-refractivity contribution in [3.05, 3.63) is 57.5 Å². The molecule has 2 aromatic rings. The highest BCUT2D eigenvalue weighted by Crippen LogP contribution is 2.32. The van der Waals surface area contributed by atoms with Crippen molar-refractivity contribution in [3.8, 4) is 11.5 Å². The molecule has 1 aliphatic carbocycles. The number of halogens is 2. The van der Waals surface area contributed by atoms with E-state index in [1.807, 2.05) is 42.5 Å². The molecule has 1 aliphatic rings. The molecule has 0 radical (unpaired) electrons. The number of hydrogen-bond acceptors (Lipinski definition) is 2. The first kappa shape index (κ1) is 13.9. The van der Waals surface area contributed by atoms with Crippen molar-refractivity contribution in [2.45, 2.75) is 25.4 Å². The predicted molar refractivity (Wildman–Crippen MR) is 85.5 cm³/mol. The fourth-order valence-corrected chi connectivity index (χ4v) is 2.47. The maximum Gasteiger partial charge on any atom is 0.133 e. The Balaban J connectivity index is 1.80. The molecular formula is C16H15BrClNO. The van der Waals surface area contributed by atoms with Crippen molar-refractivity contribution in [1.29, 1.82) is 0 Å². The summed E-state index contributed by atoms with van der Waals surface area (Å²) in [5, 5.41) is 4.22. The average molecular weight is 353 g/mol. The van der Waals surface area contributed by atoms with E-state index in [4.69, 9.17) is 16.3 Å². The van der Waals surface area contributed by atoms with Crippen molar-refractivity contribution < 1.29 is 4.74 Å². The maximum absolute atomic E-state index is 6.30. The summed E-state index contributed by atoms with van der Waals surface area (Å²) < 4.78 is 6.99. The fraction of sp³-hybridized carbons (Fsp3) is 0.250. The molecule has 104 valence electrons. The van der Waals surface area contributed by atoms with E-state index in [9.17, 15) is 0 Å². The molecule has 0 aromatic heterocycles. The highest BCUT2D eigenvalue weighted by Gasteiger charge is 2.21. The van der Waals surface area contributed by atoms with Gasteiger partial charge in [-0.15, -0.1) is 0 Å². The third-order valence-corrected chi connectivity index (χ3v) is 4.14. The van der Waals surface area contributed by atoms with Gasteiger partial charge in [0.1, 0.15) is 11.5 Å². The van der Waals surface area contributed by atoms with Crippen LogP contribution in [0.25, 0.3) is 0 Å². The molecule has 0 heterocycles. The van der Waals surface area contributed by atoms with Crippen molar-refractivity contribution in [2.24, 2.45) is 0 Å². The SMILES string of the molecule is Clc1cccc(Oc2ccc(Br)cc2)c1CNC1CC1. The Morgan fingerprint density at radius 2 is 1.90 bits per heavy atom. The second-order valence-corrected chi connectivity index (χ2v) is 6.25. The highest BCUT2D eigenvalue weighted by atomic mass is 79.9. The van der Waals surface area contributed by atoms with Gasteiger partial charge in [0, 0.05) is 27.6 Å². The molecule has 20 heavy (non-hydrogen) atoms. The monoisotopic (exact) mass is 351 g/mol. The van der Waals surface area contributed by atoms with E-state index in [1.54, 1.807) is 0 Å². The van der Waals surface area contributed by atoms with Crippen LogP contribution in [0, 0.1) is 0 Å². The molecule has 3 rings (SSSR count). The molecule has 1 saturated carbocycles. The van der Waals surface area contributed by atoms with Crippen LogP contribution in [0.1, 0.15) is 18.4 Å². The first-order chi connectivity index (χ1) is 9.72. The largest absolute Gasteiger partial charge is 0.457 e. The fourth-order valence-electron chi connectivity index (χ4n) is 1.97. The number of rotatable bonds is 5. The van der Waals surface area contributed by atoms with Crippen molar-refractivity contribution in [3.63, 3.8) is 0 Å². The van der Waals surface area contributed by atoms with Crippen LogP contribution >= 0.6 is 27.5 Å². The van der Waals surface area contributed by atoms with Gasteiger partial charge in [-0.1, -0.05) is 33.6 Å². The lowest BCUT2D eigenvalue weighted by Gasteiger charge is -2.13. The molecule has 0 atom stereocenters. The number of ether oxygens (including phenoxy) is 1. The summed E-state index contributed by atoms with van der Waals surface area (Å²) in [6, 6.07) is 14.2. The minimum Gasteiger partial charge on any atom is -0.457 e. The zero-order chi connectivity index (χ0) is 13.9. The third-order valence-electron chi connectivity index (χ3n) is 3.26. The molecule has 4 heteroatoms. The molecule has 0 spiro atoms. The summed E-state index contributed by atoms with van der Waals surface area (Å²) in [4.78, 5) is 0. The predicted octanol–water partition coefficient (Wildman–Crippen LogP) is 5.15. The van der Waals surface area contributed by atoms with Crippen LogP contribution in [-0.2, 0) is 6.54 Å². The van der Waals surface area contributed by atoms with E-state index >= 15 is 0 Å². The molecule has 0 saturated heterocycles. The van der Waals surface area contributed by atoms with Crippen LogP contribution in [0.3, 0.4) is 0 Å². The number of hydrogen-bond donors (Lipinski definition) is 1. The standard InChI is InChI=1S/C16H15BrClNO/c17-11-4-8-13(9-5-11)20-16-3-1-2-15(18)14(16)10-19-12-6-7-12/h1-5,8-9,12,19H,6-7,10H2. The molecule has 1 fully saturated rings. The topological polar surface area (TPSA) is 21.3 Å². The molecule has 0 amide bonds. The molecular weight excluding hydrogens is 338 g/mol. The normalized spacial score (nSPS) is 14.3. The van der Waals surface area contributed by atoms with Crippen LogP contribution in [0.5, 0.6) is 11.5 Å². The summed E-state index contributed by atoms with van der Waals surface area (Å²) >= 11 is 9.72. The summed E-state index contributed by atoms with van der Waals surface area (Å²) in [5.41, 5.74) is 1.02. The molecule has 0 bridgehead atoms. The molecule has 2 aromatic carbocycles. The van der Waals surface area contributed by atoms with Crippen LogP contribution < -0.4 is 10.1 Å². The van der Waals surface area contributed by atoms with Crippen LogP contribution in [0.15, 0.2) is 46.9 Å². The lowest BCUT2D eigenvalue weighted by molar-refractivity contribution is 0.472. The molecule has 0 unspecified atom stereocenters. The van der Waals surface area contributed by atoms with Gasteiger partial charge in [0.2, 0.25) is 0 Å². The van der Waals surface area contributed by atoms with E-state index in [-0.39, 0.29) is 0 Å². The third kappa shape index (κ3) is 3.54. The van der Waals surface area contributed by atoms with Gasteiger partial charge in [0.05, 0.1) is 0 Å². The van der Waals surface area contributed by atoms with E-state index in [2.05, 4.69) is 21.2 Å². The molecule has 0 aliphatic heterocycles. The van der Waals surface area contributed by atoms with E-state index in [1.165, 1.54) is 12.8 Å².